The summed E-state index contributed by atoms with van der Waals surface area (Å²) >= 11 is 0. The molecule has 5 fully saturated rings. The summed E-state index contributed by atoms with van der Waals surface area (Å²) in [6, 6.07) is 4.78. The third-order valence-corrected chi connectivity index (χ3v) is 12.3. The number of rotatable bonds is 5. The van der Waals surface area contributed by atoms with E-state index in [1.165, 1.54) is 30.5 Å². The highest BCUT2D eigenvalue weighted by Crippen LogP contribution is 2.79. The predicted molar refractivity (Wildman–Crippen MR) is 134 cm³/mol. The van der Waals surface area contributed by atoms with Crippen LogP contribution in [0.15, 0.2) is 12.1 Å². The Hall–Kier alpha value is -1.14. The lowest BCUT2D eigenvalue weighted by atomic mass is 9.31. The molecule has 4 bridgehead atoms. The fraction of sp³-hybridized carbons (Fsp3) is 0.800. The zero-order valence-corrected chi connectivity index (χ0v) is 21.9. The third kappa shape index (κ3) is 2.50. The quantitative estimate of drug-likeness (QED) is 0.597. The fourth-order valence-corrected chi connectivity index (χ4v) is 9.94. The molecular formula is C30H43NO4. The smallest absolute Gasteiger partial charge is 0.129 e. The van der Waals surface area contributed by atoms with Gasteiger partial charge in [-0.1, -0.05) is 32.9 Å². The lowest BCUT2D eigenvalue weighted by molar-refractivity contribution is -0.289. The maximum absolute atomic E-state index is 12.2. The molecule has 7 aliphatic rings. The number of aliphatic hydroxyl groups is 3. The van der Waals surface area contributed by atoms with Crippen molar-refractivity contribution in [3.05, 3.63) is 28.8 Å². The Kier molecular flexibility index (Phi) is 4.49. The normalized spacial score (nSPS) is 43.0. The molecule has 8 rings (SSSR count). The van der Waals surface area contributed by atoms with Crippen molar-refractivity contribution in [1.29, 1.82) is 0 Å². The molecule has 5 nitrogen and oxygen atoms in total. The molecule has 5 aliphatic carbocycles. The molecule has 3 N–H and O–H groups in total. The summed E-state index contributed by atoms with van der Waals surface area (Å²) in [5.41, 5.74) is 1.82. The first-order chi connectivity index (χ1) is 16.6. The molecule has 2 spiro atoms. The van der Waals surface area contributed by atoms with Gasteiger partial charge in [-0.15, -0.1) is 0 Å². The minimum absolute atomic E-state index is 0.0229. The highest BCUT2D eigenvalue weighted by molar-refractivity contribution is 5.61. The first-order valence-electron chi connectivity index (χ1n) is 14.1. The minimum Gasteiger partial charge on any atom is -0.488 e. The van der Waals surface area contributed by atoms with Crippen LogP contribution in [-0.2, 0) is 18.4 Å². The second-order valence-electron chi connectivity index (χ2n) is 14.3. The molecule has 2 heterocycles. The van der Waals surface area contributed by atoms with Gasteiger partial charge in [0.2, 0.25) is 0 Å². The van der Waals surface area contributed by atoms with Crippen LogP contribution in [0.3, 0.4) is 0 Å². The fourth-order valence-electron chi connectivity index (χ4n) is 9.94. The molecule has 2 aliphatic heterocycles. The number of likely N-dealkylation sites (tertiary alicyclic amines) is 1. The Bertz CT molecular complexity index is 1070. The number of piperidine rings is 1. The van der Waals surface area contributed by atoms with Crippen molar-refractivity contribution in [1.82, 2.24) is 4.90 Å². The van der Waals surface area contributed by atoms with Crippen LogP contribution >= 0.6 is 0 Å². The number of aliphatic hydroxyl groups excluding tert-OH is 2. The zero-order valence-electron chi connectivity index (χ0n) is 21.9. The van der Waals surface area contributed by atoms with E-state index in [0.29, 0.717) is 6.04 Å². The first kappa shape index (κ1) is 23.0. The number of benzene rings is 1. The molecule has 4 saturated carbocycles. The molecule has 1 aromatic carbocycles. The number of hydrogen-bond acceptors (Lipinski definition) is 5. The summed E-state index contributed by atoms with van der Waals surface area (Å²) in [6.45, 7) is 10.8. The van der Waals surface area contributed by atoms with Crippen molar-refractivity contribution >= 4 is 0 Å². The van der Waals surface area contributed by atoms with E-state index in [-0.39, 0.29) is 41.5 Å². The summed E-state index contributed by atoms with van der Waals surface area (Å²) in [5.74, 6) is 1.72. The molecule has 192 valence electrons. The lowest BCUT2D eigenvalue weighted by Gasteiger charge is -2.76. The zero-order chi connectivity index (χ0) is 24.6. The van der Waals surface area contributed by atoms with Gasteiger partial charge >= 0.3 is 0 Å². The van der Waals surface area contributed by atoms with Crippen molar-refractivity contribution in [2.24, 2.45) is 28.1 Å². The van der Waals surface area contributed by atoms with E-state index in [9.17, 15) is 15.3 Å². The van der Waals surface area contributed by atoms with Gasteiger partial charge in [0.1, 0.15) is 11.9 Å². The van der Waals surface area contributed by atoms with Gasteiger partial charge in [0.05, 0.1) is 18.8 Å². The largest absolute Gasteiger partial charge is 0.488 e. The summed E-state index contributed by atoms with van der Waals surface area (Å²) < 4.78 is 7.04. The Labute approximate surface area is 209 Å². The topological polar surface area (TPSA) is 73.2 Å². The number of ether oxygens (including phenoxy) is 1. The molecule has 0 unspecified atom stereocenters. The second kappa shape index (κ2) is 6.83. The monoisotopic (exact) mass is 481 g/mol. The van der Waals surface area contributed by atoms with Gasteiger partial charge in [-0.05, 0) is 81.2 Å². The van der Waals surface area contributed by atoms with E-state index in [0.717, 1.165) is 55.9 Å². The Morgan fingerprint density at radius 2 is 1.86 bits per heavy atom. The summed E-state index contributed by atoms with van der Waals surface area (Å²) in [5, 5.41) is 33.7. The van der Waals surface area contributed by atoms with E-state index >= 15 is 0 Å². The van der Waals surface area contributed by atoms with Crippen LogP contribution in [0.2, 0.25) is 0 Å². The molecule has 1 aromatic rings. The van der Waals surface area contributed by atoms with Gasteiger partial charge < -0.3 is 20.1 Å². The van der Waals surface area contributed by atoms with Crippen molar-refractivity contribution in [2.45, 2.75) is 102 Å². The van der Waals surface area contributed by atoms with Crippen molar-refractivity contribution in [3.8, 4) is 5.75 Å². The number of nitrogens with zero attached hydrogens (tertiary/aromatic N) is 1. The lowest BCUT2D eigenvalue weighted by Crippen LogP contribution is -2.81. The average molecular weight is 482 g/mol. The Morgan fingerprint density at radius 3 is 2.51 bits per heavy atom. The highest BCUT2D eigenvalue weighted by atomic mass is 16.5. The maximum atomic E-state index is 12.2. The molecular weight excluding hydrogens is 438 g/mol. The van der Waals surface area contributed by atoms with E-state index < -0.39 is 11.0 Å². The van der Waals surface area contributed by atoms with E-state index in [1.54, 1.807) is 0 Å². The van der Waals surface area contributed by atoms with Gasteiger partial charge in [-0.2, -0.15) is 0 Å². The first-order valence-corrected chi connectivity index (χ1v) is 14.1. The molecule has 7 atom stereocenters. The molecule has 1 saturated heterocycles. The van der Waals surface area contributed by atoms with Crippen molar-refractivity contribution < 1.29 is 20.1 Å². The van der Waals surface area contributed by atoms with Gasteiger partial charge in [-0.3, -0.25) is 4.90 Å². The van der Waals surface area contributed by atoms with Gasteiger partial charge in [0.25, 0.3) is 0 Å². The molecule has 0 radical (unpaired) electrons. The SMILES string of the molecule is CC(C)(C)[C@@](C)(O)[C@H]1C[C@@]23CC[C@]1(CO)[C@@H]1Oc4c(CO)ccc5c4[C@@]12CCN(CC1CC1)[C@@H]3C5. The van der Waals surface area contributed by atoms with Crippen molar-refractivity contribution in [3.63, 3.8) is 0 Å². The Balaban J connectivity index is 1.48. The summed E-state index contributed by atoms with van der Waals surface area (Å²) in [7, 11) is 0. The maximum Gasteiger partial charge on any atom is 0.129 e. The molecule has 0 amide bonds. The van der Waals surface area contributed by atoms with E-state index in [1.807, 2.05) is 6.92 Å². The third-order valence-electron chi connectivity index (χ3n) is 12.3. The standard InChI is InChI=1S/C30H43NO4/c1-26(2,3)27(4,34)21-14-29-10-9-28(21,17-33)25-30(29)11-12-31(15-18-5-6-18)22(29)13-19-7-8-20(16-32)24(35-25)23(19)30/h7-8,18,21-22,25,32-34H,5-6,9-17H2,1-4H3/t21-,22-,25+,27+,28-,29-,30+/m1/s1. The molecule has 35 heavy (non-hydrogen) atoms. The van der Waals surface area contributed by atoms with Crippen LogP contribution in [0.4, 0.5) is 0 Å². The van der Waals surface area contributed by atoms with Gasteiger partial charge in [0.15, 0.2) is 0 Å². The second-order valence-corrected chi connectivity index (χ2v) is 14.3. The van der Waals surface area contributed by atoms with Gasteiger partial charge in [0, 0.05) is 40.0 Å². The summed E-state index contributed by atoms with van der Waals surface area (Å²) in [4.78, 5) is 2.82. The highest BCUT2D eigenvalue weighted by Gasteiger charge is 2.81. The average Bonchev–Trinajstić information content (AvgIpc) is 3.56. The Morgan fingerprint density at radius 1 is 1.09 bits per heavy atom. The number of fused-ring (bicyclic) bond motifs is 2. The number of hydrogen-bond donors (Lipinski definition) is 3. The van der Waals surface area contributed by atoms with E-state index in [4.69, 9.17) is 4.74 Å². The molecule has 0 aromatic heterocycles. The van der Waals surface area contributed by atoms with Crippen LogP contribution in [0.1, 0.15) is 82.9 Å². The molecule has 5 heteroatoms. The van der Waals surface area contributed by atoms with Crippen molar-refractivity contribution in [2.75, 3.05) is 19.7 Å². The van der Waals surface area contributed by atoms with Crippen LogP contribution < -0.4 is 4.74 Å². The predicted octanol–water partition coefficient (Wildman–Crippen LogP) is 3.79. The van der Waals surface area contributed by atoms with Crippen LogP contribution in [0, 0.1) is 28.1 Å². The van der Waals surface area contributed by atoms with Crippen LogP contribution in [0.5, 0.6) is 5.75 Å². The van der Waals surface area contributed by atoms with E-state index in [2.05, 4.69) is 37.8 Å². The minimum atomic E-state index is -0.932. The van der Waals surface area contributed by atoms with Gasteiger partial charge in [-0.25, -0.2) is 0 Å². The van der Waals surface area contributed by atoms with Crippen LogP contribution in [0.25, 0.3) is 0 Å². The van der Waals surface area contributed by atoms with Crippen LogP contribution in [-0.4, -0.2) is 57.7 Å². The summed E-state index contributed by atoms with van der Waals surface area (Å²) in [6.07, 6.45) is 7.62.